The predicted molar refractivity (Wildman–Crippen MR) is 51.0 cm³/mol. The van der Waals surface area contributed by atoms with Gasteiger partial charge in [-0.25, -0.2) is 8.78 Å². The van der Waals surface area contributed by atoms with Gasteiger partial charge in [0.15, 0.2) is 5.78 Å². The number of rotatable bonds is 3. The largest absolute Gasteiger partial charge is 0.496 e. The molecular formula is C9H7BrF2O2. The van der Waals surface area contributed by atoms with Crippen molar-refractivity contribution in [2.75, 3.05) is 12.4 Å². The Morgan fingerprint density at radius 3 is 2.93 bits per heavy atom. The van der Waals surface area contributed by atoms with Gasteiger partial charge in [-0.2, -0.15) is 0 Å². The van der Waals surface area contributed by atoms with Crippen molar-refractivity contribution < 1.29 is 22.4 Å². The normalized spacial score (nSPS) is 14.1. The molecule has 1 aromatic rings. The first-order valence-corrected chi connectivity index (χ1v) is 4.64. The van der Waals surface area contributed by atoms with Crippen LogP contribution in [0.3, 0.4) is 0 Å². The van der Waals surface area contributed by atoms with E-state index in [1.54, 1.807) is 0 Å². The summed E-state index contributed by atoms with van der Waals surface area (Å²) in [5, 5.41) is -0.229. The highest BCUT2D eigenvalue weighted by Crippen LogP contribution is 2.24. The third-order valence-electron chi connectivity index (χ3n) is 1.53. The van der Waals surface area contributed by atoms with E-state index in [1.165, 1.54) is 0 Å². The van der Waals surface area contributed by atoms with E-state index in [-0.39, 0.29) is 5.33 Å². The number of hydrogen-bond acceptors (Lipinski definition) is 2. The lowest BCUT2D eigenvalue weighted by Gasteiger charge is -2.07. The molecule has 0 atom stereocenters. The van der Waals surface area contributed by atoms with Gasteiger partial charge in [0, 0.05) is 12.1 Å². The Morgan fingerprint density at radius 1 is 1.64 bits per heavy atom. The van der Waals surface area contributed by atoms with Crippen molar-refractivity contribution in [1.29, 1.82) is 0 Å². The van der Waals surface area contributed by atoms with Crippen LogP contribution in [-0.4, -0.2) is 18.2 Å². The Hall–Kier alpha value is -0.970. The second kappa shape index (κ2) is 4.50. The Bertz CT molecular complexity index is 449. The van der Waals surface area contributed by atoms with Crippen LogP contribution in [0.5, 0.6) is 5.75 Å². The molecule has 0 aliphatic carbocycles. The quantitative estimate of drug-likeness (QED) is 0.622. The van der Waals surface area contributed by atoms with Gasteiger partial charge < -0.3 is 4.74 Å². The van der Waals surface area contributed by atoms with Crippen LogP contribution >= 0.6 is 15.9 Å². The summed E-state index contributed by atoms with van der Waals surface area (Å²) in [5.74, 6) is -3.55. The summed E-state index contributed by atoms with van der Waals surface area (Å²) < 4.78 is 51.2. The molecule has 0 saturated carbocycles. The molecule has 0 bridgehead atoms. The molecule has 0 aliphatic rings. The van der Waals surface area contributed by atoms with Crippen LogP contribution < -0.4 is 4.74 Å². The zero-order valence-electron chi connectivity index (χ0n) is 9.81. The van der Waals surface area contributed by atoms with E-state index in [9.17, 15) is 13.6 Å². The molecule has 2 nitrogen and oxygen atoms in total. The van der Waals surface area contributed by atoms with E-state index in [4.69, 9.17) is 4.11 Å². The van der Waals surface area contributed by atoms with Gasteiger partial charge in [0.25, 0.3) is 0 Å². The van der Waals surface area contributed by atoms with Gasteiger partial charge in [-0.05, 0) is 0 Å². The lowest BCUT2D eigenvalue weighted by atomic mass is 10.1. The molecule has 0 aromatic heterocycles. The first kappa shape index (κ1) is 7.34. The molecule has 0 unspecified atom stereocenters. The minimum atomic E-state index is -2.89. The van der Waals surface area contributed by atoms with Gasteiger partial charge in [-0.1, -0.05) is 15.9 Å². The van der Waals surface area contributed by atoms with Gasteiger partial charge in [-0.15, -0.1) is 0 Å². The molecule has 76 valence electrons. The summed E-state index contributed by atoms with van der Waals surface area (Å²) in [5.41, 5.74) is -0.584. The Balaban J connectivity index is 3.30. The molecule has 0 fully saturated rings. The summed E-state index contributed by atoms with van der Waals surface area (Å²) in [6.07, 6.45) is 0. The van der Waals surface area contributed by atoms with E-state index in [0.717, 1.165) is 0 Å². The lowest BCUT2D eigenvalue weighted by Crippen LogP contribution is -2.07. The van der Waals surface area contributed by atoms with Crippen LogP contribution in [0.2, 0.25) is 0 Å². The number of alkyl halides is 1. The van der Waals surface area contributed by atoms with E-state index in [1.807, 2.05) is 0 Å². The molecular weight excluding hydrogens is 258 g/mol. The Kier molecular flexibility index (Phi) is 2.36. The number of halogens is 3. The maximum absolute atomic E-state index is 13.4. The summed E-state index contributed by atoms with van der Waals surface area (Å²) in [4.78, 5) is 11.4. The number of carbonyl (C=O) groups is 1. The number of carbonyl (C=O) groups excluding carboxylic acids is 1. The van der Waals surface area contributed by atoms with Crippen LogP contribution in [-0.2, 0) is 0 Å². The highest BCUT2D eigenvalue weighted by molar-refractivity contribution is 9.09. The van der Waals surface area contributed by atoms with Crippen molar-refractivity contribution in [3.05, 3.63) is 29.3 Å². The van der Waals surface area contributed by atoms with Crippen molar-refractivity contribution in [3.63, 3.8) is 0 Å². The monoisotopic (exact) mass is 267 g/mol. The molecule has 0 heterocycles. The fourth-order valence-electron chi connectivity index (χ4n) is 0.968. The van der Waals surface area contributed by atoms with Crippen molar-refractivity contribution in [3.8, 4) is 5.75 Å². The fraction of sp³-hybridized carbons (Fsp3) is 0.222. The number of methoxy groups -OCH3 is 1. The topological polar surface area (TPSA) is 26.3 Å². The van der Waals surface area contributed by atoms with Crippen LogP contribution in [0.1, 0.15) is 14.5 Å². The number of ketones is 1. The molecule has 14 heavy (non-hydrogen) atoms. The van der Waals surface area contributed by atoms with Gasteiger partial charge in [0.2, 0.25) is 0 Å². The van der Waals surface area contributed by atoms with Gasteiger partial charge in [0.1, 0.15) is 17.4 Å². The van der Waals surface area contributed by atoms with Gasteiger partial charge >= 0.3 is 0 Å². The Morgan fingerprint density at radius 2 is 2.36 bits per heavy atom. The fourth-order valence-corrected chi connectivity index (χ4v) is 1.25. The molecule has 0 aliphatic heterocycles. The summed E-state index contributed by atoms with van der Waals surface area (Å²) in [7, 11) is -2.89. The van der Waals surface area contributed by atoms with Crippen LogP contribution in [0.4, 0.5) is 8.78 Å². The molecule has 0 spiro atoms. The van der Waals surface area contributed by atoms with Crippen molar-refractivity contribution in [2.24, 2.45) is 0 Å². The molecule has 0 radical (unpaired) electrons. The second-order valence-corrected chi connectivity index (χ2v) is 2.98. The van der Waals surface area contributed by atoms with E-state index < -0.39 is 35.8 Å². The molecule has 0 saturated heterocycles. The van der Waals surface area contributed by atoms with E-state index >= 15 is 0 Å². The van der Waals surface area contributed by atoms with E-state index in [2.05, 4.69) is 20.7 Å². The van der Waals surface area contributed by atoms with E-state index in [0.29, 0.717) is 12.1 Å². The maximum Gasteiger partial charge on any atom is 0.180 e. The summed E-state index contributed by atoms with van der Waals surface area (Å²) in [6.45, 7) is 0. The van der Waals surface area contributed by atoms with Gasteiger partial charge in [0.05, 0.1) is 22.0 Å². The molecule has 0 amide bonds. The number of Topliss-reactive ketones (excluding diaryl/α,β-unsaturated/α-hetero) is 1. The average molecular weight is 268 g/mol. The summed E-state index contributed by atoms with van der Waals surface area (Å²) in [6, 6.07) is 1.15. The molecule has 5 heteroatoms. The third kappa shape index (κ3) is 2.09. The zero-order chi connectivity index (χ0) is 13.2. The maximum atomic E-state index is 13.4. The standard InChI is InChI=1S/C9H7BrF2O2/c1-14-8-3-5(11)2-6(12)9(8)7(13)4-10/h2-3H,4H2,1H3/i1D3. The second-order valence-electron chi connectivity index (χ2n) is 2.42. The van der Waals surface area contributed by atoms with Crippen molar-refractivity contribution in [2.45, 2.75) is 0 Å². The molecule has 1 rings (SSSR count). The van der Waals surface area contributed by atoms with Crippen molar-refractivity contribution in [1.82, 2.24) is 0 Å². The predicted octanol–water partition coefficient (Wildman–Crippen LogP) is 2.55. The molecule has 1 aromatic carbocycles. The minimum Gasteiger partial charge on any atom is -0.496 e. The SMILES string of the molecule is [2H]C([2H])([2H])Oc1cc(F)cc(F)c1C(=O)CBr. The lowest BCUT2D eigenvalue weighted by molar-refractivity contribution is 0.101. The smallest absolute Gasteiger partial charge is 0.180 e. The average Bonchev–Trinajstić information content (AvgIpc) is 2.13. The highest BCUT2D eigenvalue weighted by Gasteiger charge is 2.18. The number of ether oxygens (including phenoxy) is 1. The van der Waals surface area contributed by atoms with Crippen LogP contribution in [0, 0.1) is 11.6 Å². The number of hydrogen-bond donors (Lipinski definition) is 0. The zero-order valence-corrected chi connectivity index (χ0v) is 8.40. The first-order chi connectivity index (χ1) is 7.74. The summed E-state index contributed by atoms with van der Waals surface area (Å²) >= 11 is 2.81. The third-order valence-corrected chi connectivity index (χ3v) is 2.04. The van der Waals surface area contributed by atoms with Crippen LogP contribution in [0.15, 0.2) is 12.1 Å². The molecule has 0 N–H and O–H groups in total. The Labute approximate surface area is 92.2 Å². The highest BCUT2D eigenvalue weighted by atomic mass is 79.9. The van der Waals surface area contributed by atoms with Gasteiger partial charge in [-0.3, -0.25) is 4.79 Å². The minimum absolute atomic E-state index is 0.229. The number of benzene rings is 1. The first-order valence-electron chi connectivity index (χ1n) is 5.02. The van der Waals surface area contributed by atoms with Crippen molar-refractivity contribution >= 4 is 21.7 Å². The van der Waals surface area contributed by atoms with Crippen LogP contribution in [0.25, 0.3) is 0 Å².